The second-order valence-electron chi connectivity index (χ2n) is 7.31. The third-order valence-electron chi connectivity index (χ3n) is 3.80. The number of hydrogen-bond donors (Lipinski definition) is 3. The van der Waals surface area contributed by atoms with Crippen LogP contribution in [0.2, 0.25) is 0 Å². The van der Waals surface area contributed by atoms with E-state index in [1.807, 2.05) is 48.5 Å². The van der Waals surface area contributed by atoms with Gasteiger partial charge in [0.05, 0.1) is 18.7 Å². The lowest BCUT2D eigenvalue weighted by atomic mass is 9.93. The van der Waals surface area contributed by atoms with Crippen molar-refractivity contribution in [3.8, 4) is 0 Å². The molecule has 8 heteroatoms. The van der Waals surface area contributed by atoms with Crippen molar-refractivity contribution in [2.45, 2.75) is 78.5 Å². The summed E-state index contributed by atoms with van der Waals surface area (Å²) in [6, 6.07) is 0.138. The largest absolute Gasteiger partial charge is 0.444 e. The number of aliphatic imine (C=N–C) groups is 1. The van der Waals surface area contributed by atoms with Gasteiger partial charge in [-0.3, -0.25) is 4.99 Å². The summed E-state index contributed by atoms with van der Waals surface area (Å²) in [5.74, 6) is 0.712. The first-order valence-electron chi connectivity index (χ1n) is 9.16. The number of amides is 1. The van der Waals surface area contributed by atoms with Crippen LogP contribution >= 0.6 is 24.0 Å². The Balaban J connectivity index is 0. The molecule has 0 aromatic heterocycles. The lowest BCUT2D eigenvalue weighted by Gasteiger charge is -2.33. The maximum absolute atomic E-state index is 12.2. The molecule has 0 aromatic carbocycles. The van der Waals surface area contributed by atoms with Gasteiger partial charge >= 0.3 is 6.09 Å². The predicted octanol–water partition coefficient (Wildman–Crippen LogP) is 3.28. The summed E-state index contributed by atoms with van der Waals surface area (Å²) in [5.41, 5.74) is -0.957. The maximum Gasteiger partial charge on any atom is 0.408 e. The highest BCUT2D eigenvalue weighted by Gasteiger charge is 2.30. The summed E-state index contributed by atoms with van der Waals surface area (Å²) >= 11 is 0. The number of ether oxygens (including phenoxy) is 2. The Morgan fingerprint density at radius 1 is 1.15 bits per heavy atom. The van der Waals surface area contributed by atoms with Gasteiger partial charge in [-0.25, -0.2) is 4.79 Å². The van der Waals surface area contributed by atoms with Crippen molar-refractivity contribution in [1.29, 1.82) is 0 Å². The van der Waals surface area contributed by atoms with Crippen molar-refractivity contribution in [2.75, 3.05) is 26.8 Å². The summed E-state index contributed by atoms with van der Waals surface area (Å²) in [6.45, 7) is 15.5. The maximum atomic E-state index is 12.2. The van der Waals surface area contributed by atoms with E-state index in [4.69, 9.17) is 9.47 Å². The van der Waals surface area contributed by atoms with Crippen molar-refractivity contribution in [3.05, 3.63) is 0 Å². The first-order chi connectivity index (χ1) is 11.6. The second-order valence-corrected chi connectivity index (χ2v) is 7.31. The highest BCUT2D eigenvalue weighted by molar-refractivity contribution is 14.0. The van der Waals surface area contributed by atoms with Gasteiger partial charge < -0.3 is 25.4 Å². The lowest BCUT2D eigenvalue weighted by Crippen LogP contribution is -2.52. The van der Waals surface area contributed by atoms with Gasteiger partial charge in [0.2, 0.25) is 0 Å². The molecule has 1 amide bonds. The minimum absolute atomic E-state index is 0. The fourth-order valence-electron chi connectivity index (χ4n) is 2.29. The van der Waals surface area contributed by atoms with Crippen molar-refractivity contribution in [1.82, 2.24) is 16.0 Å². The number of guanidine groups is 1. The van der Waals surface area contributed by atoms with Gasteiger partial charge in [0.1, 0.15) is 5.60 Å². The van der Waals surface area contributed by atoms with Gasteiger partial charge in [-0.15, -0.1) is 24.0 Å². The first kappa shape index (κ1) is 27.4. The molecular formula is C18H39IN4O3. The van der Waals surface area contributed by atoms with Crippen molar-refractivity contribution in [3.63, 3.8) is 0 Å². The number of hydrogen-bond acceptors (Lipinski definition) is 4. The summed E-state index contributed by atoms with van der Waals surface area (Å²) < 4.78 is 10.6. The number of alkyl carbamates (subject to hydrolysis) is 1. The van der Waals surface area contributed by atoms with E-state index in [1.165, 1.54) is 0 Å². The topological polar surface area (TPSA) is 84.0 Å². The van der Waals surface area contributed by atoms with Crippen LogP contribution in [-0.2, 0) is 9.47 Å². The van der Waals surface area contributed by atoms with Crippen LogP contribution in [0.4, 0.5) is 4.79 Å². The molecule has 1 atom stereocenters. The van der Waals surface area contributed by atoms with E-state index in [-0.39, 0.29) is 30.0 Å². The van der Waals surface area contributed by atoms with Crippen LogP contribution in [0, 0.1) is 0 Å². The number of carbonyl (C=O) groups excluding carboxylic acids is 1. The fraction of sp³-hybridized carbons (Fsp3) is 0.889. The summed E-state index contributed by atoms with van der Waals surface area (Å²) in [5, 5.41) is 9.54. The van der Waals surface area contributed by atoms with E-state index in [0.29, 0.717) is 19.1 Å². The minimum atomic E-state index is -0.521. The Morgan fingerprint density at radius 3 is 2.15 bits per heavy atom. The van der Waals surface area contributed by atoms with E-state index in [2.05, 4.69) is 20.9 Å². The lowest BCUT2D eigenvalue weighted by molar-refractivity contribution is 0.0452. The zero-order chi connectivity index (χ0) is 19.5. The molecule has 0 aliphatic rings. The van der Waals surface area contributed by atoms with E-state index in [1.54, 1.807) is 7.11 Å². The fourth-order valence-corrected chi connectivity index (χ4v) is 2.29. The Labute approximate surface area is 176 Å². The standard InChI is InChI=1S/C18H38N4O3.HI/c1-9-18(10-2,22-16(23)25-17(5,6)7)13-20-15(19-11-3)21-14(4)12-24-8;/h14H,9-13H2,1-8H3,(H,22,23)(H2,19,20,21);1H. The van der Waals surface area contributed by atoms with Crippen LogP contribution < -0.4 is 16.0 Å². The van der Waals surface area contributed by atoms with Gasteiger partial charge in [-0.2, -0.15) is 0 Å². The van der Waals surface area contributed by atoms with Crippen LogP contribution in [0.5, 0.6) is 0 Å². The number of methoxy groups -OCH3 is 1. The van der Waals surface area contributed by atoms with E-state index >= 15 is 0 Å². The van der Waals surface area contributed by atoms with Gasteiger partial charge in [-0.05, 0) is 47.5 Å². The van der Waals surface area contributed by atoms with Gasteiger partial charge in [0, 0.05) is 19.7 Å². The van der Waals surface area contributed by atoms with E-state index < -0.39 is 17.2 Å². The molecule has 0 rings (SSSR count). The molecule has 26 heavy (non-hydrogen) atoms. The highest BCUT2D eigenvalue weighted by atomic mass is 127. The van der Waals surface area contributed by atoms with Crippen LogP contribution in [0.3, 0.4) is 0 Å². The summed E-state index contributed by atoms with van der Waals surface area (Å²) in [6.07, 6.45) is 1.12. The smallest absolute Gasteiger partial charge is 0.408 e. The molecule has 7 nitrogen and oxygen atoms in total. The molecule has 0 fully saturated rings. The molecule has 1 unspecified atom stereocenters. The van der Waals surface area contributed by atoms with Crippen LogP contribution in [-0.4, -0.2) is 56.0 Å². The SMILES string of the molecule is CCNC(=NCC(CC)(CC)NC(=O)OC(C)(C)C)NC(C)COC.I. The molecule has 0 saturated heterocycles. The molecule has 0 heterocycles. The normalized spacial score (nSPS) is 13.5. The quantitative estimate of drug-likeness (QED) is 0.265. The Hall–Kier alpha value is -0.770. The predicted molar refractivity (Wildman–Crippen MR) is 119 cm³/mol. The Bertz CT molecular complexity index is 421. The van der Waals surface area contributed by atoms with Crippen molar-refractivity contribution in [2.24, 2.45) is 4.99 Å². The molecule has 0 aliphatic heterocycles. The average Bonchev–Trinajstić information content (AvgIpc) is 2.50. The van der Waals surface area contributed by atoms with Crippen LogP contribution in [0.25, 0.3) is 0 Å². The molecule has 0 bridgehead atoms. The van der Waals surface area contributed by atoms with Crippen molar-refractivity contribution >= 4 is 36.0 Å². The Morgan fingerprint density at radius 2 is 1.73 bits per heavy atom. The van der Waals surface area contributed by atoms with Gasteiger partial charge in [0.15, 0.2) is 5.96 Å². The van der Waals surface area contributed by atoms with E-state index in [0.717, 1.165) is 19.4 Å². The summed E-state index contributed by atoms with van der Waals surface area (Å²) in [7, 11) is 1.67. The number of nitrogens with one attached hydrogen (secondary N) is 3. The molecule has 0 aromatic rings. The highest BCUT2D eigenvalue weighted by Crippen LogP contribution is 2.17. The van der Waals surface area contributed by atoms with Crippen LogP contribution in [0.15, 0.2) is 4.99 Å². The number of rotatable bonds is 9. The third-order valence-corrected chi connectivity index (χ3v) is 3.80. The monoisotopic (exact) mass is 486 g/mol. The number of halogens is 1. The van der Waals surface area contributed by atoms with Gasteiger partial charge in [0.25, 0.3) is 0 Å². The summed E-state index contributed by atoms with van der Waals surface area (Å²) in [4.78, 5) is 16.9. The minimum Gasteiger partial charge on any atom is -0.444 e. The molecule has 3 N–H and O–H groups in total. The van der Waals surface area contributed by atoms with Crippen LogP contribution in [0.1, 0.15) is 61.3 Å². The molecule has 156 valence electrons. The molecule has 0 spiro atoms. The average molecular weight is 486 g/mol. The Kier molecular flexibility index (Phi) is 14.2. The number of carbonyl (C=O) groups is 1. The second kappa shape index (κ2) is 13.4. The third kappa shape index (κ3) is 11.8. The zero-order valence-electron chi connectivity index (χ0n) is 17.7. The molecule has 0 saturated carbocycles. The van der Waals surface area contributed by atoms with Crippen molar-refractivity contribution < 1.29 is 14.3 Å². The zero-order valence-corrected chi connectivity index (χ0v) is 20.0. The molecule has 0 radical (unpaired) electrons. The molecular weight excluding hydrogens is 447 g/mol. The number of nitrogens with zero attached hydrogens (tertiary/aromatic N) is 1. The first-order valence-corrected chi connectivity index (χ1v) is 9.16. The van der Waals surface area contributed by atoms with Gasteiger partial charge in [-0.1, -0.05) is 13.8 Å². The molecule has 0 aliphatic carbocycles. The van der Waals surface area contributed by atoms with E-state index in [9.17, 15) is 4.79 Å².